The van der Waals surface area contributed by atoms with E-state index in [0.717, 1.165) is 23.6 Å². The molecule has 0 saturated carbocycles. The number of rotatable bonds is 5. The van der Waals surface area contributed by atoms with Crippen LogP contribution in [0.5, 0.6) is 0 Å². The number of nitrogens with one attached hydrogen (secondary N) is 1. The van der Waals surface area contributed by atoms with Crippen molar-refractivity contribution >= 4 is 34.8 Å². The fourth-order valence-electron chi connectivity index (χ4n) is 1.52. The molecule has 0 aliphatic carbocycles. The summed E-state index contributed by atoms with van der Waals surface area (Å²) in [5, 5.41) is 7.73. The van der Waals surface area contributed by atoms with Crippen molar-refractivity contribution in [2.24, 2.45) is 12.8 Å². The largest absolute Gasteiger partial charge is 0.389 e. The summed E-state index contributed by atoms with van der Waals surface area (Å²) in [4.78, 5) is 0.389. The summed E-state index contributed by atoms with van der Waals surface area (Å²) in [6.45, 7) is 7.13. The van der Waals surface area contributed by atoms with E-state index in [2.05, 4.69) is 30.5 Å². The van der Waals surface area contributed by atoms with Crippen LogP contribution in [0.1, 0.15) is 25.1 Å². The Labute approximate surface area is 112 Å². The Morgan fingerprint density at radius 2 is 2.18 bits per heavy atom. The van der Waals surface area contributed by atoms with E-state index < -0.39 is 0 Å². The smallest absolute Gasteiger partial charge is 0.134 e. The first-order chi connectivity index (χ1) is 7.78. The lowest BCUT2D eigenvalue weighted by molar-refractivity contribution is 0.721. The van der Waals surface area contributed by atoms with Gasteiger partial charge >= 0.3 is 0 Å². The normalized spacial score (nSPS) is 11.6. The zero-order chi connectivity index (χ0) is 13.2. The molecule has 4 nitrogen and oxygen atoms in total. The van der Waals surface area contributed by atoms with Gasteiger partial charge in [0.1, 0.15) is 10.8 Å². The highest BCUT2D eigenvalue weighted by molar-refractivity contribution is 7.99. The van der Waals surface area contributed by atoms with Crippen molar-refractivity contribution < 1.29 is 0 Å². The predicted octanol–water partition coefficient (Wildman–Crippen LogP) is 1.92. The Morgan fingerprint density at radius 1 is 1.59 bits per heavy atom. The zero-order valence-electron chi connectivity index (χ0n) is 11.0. The van der Waals surface area contributed by atoms with Crippen LogP contribution in [0.2, 0.25) is 0 Å². The van der Waals surface area contributed by atoms with Gasteiger partial charge in [-0.2, -0.15) is 16.9 Å². The molecule has 96 valence electrons. The molecule has 0 amide bonds. The molecule has 3 N–H and O–H groups in total. The number of nitrogens with zero attached hydrogens (tertiary/aromatic N) is 2. The number of hydrogen-bond donors (Lipinski definition) is 2. The van der Waals surface area contributed by atoms with Gasteiger partial charge < -0.3 is 11.1 Å². The predicted molar refractivity (Wildman–Crippen MR) is 79.9 cm³/mol. The van der Waals surface area contributed by atoms with Crippen LogP contribution in [0.4, 0.5) is 5.82 Å². The lowest BCUT2D eigenvalue weighted by Gasteiger charge is -2.23. The van der Waals surface area contributed by atoms with E-state index in [1.54, 1.807) is 4.68 Å². The number of nitrogens with two attached hydrogens (primary N) is 1. The van der Waals surface area contributed by atoms with Gasteiger partial charge in [-0.05, 0) is 27.0 Å². The summed E-state index contributed by atoms with van der Waals surface area (Å²) < 4.78 is 1.95. The Morgan fingerprint density at radius 3 is 2.65 bits per heavy atom. The van der Waals surface area contributed by atoms with E-state index in [1.807, 2.05) is 25.7 Å². The van der Waals surface area contributed by atoms with Crippen molar-refractivity contribution in [3.8, 4) is 0 Å². The lowest BCUT2D eigenvalue weighted by atomic mass is 10.2. The minimum Gasteiger partial charge on any atom is -0.389 e. The van der Waals surface area contributed by atoms with Crippen molar-refractivity contribution in [1.29, 1.82) is 0 Å². The molecule has 0 aliphatic heterocycles. The van der Waals surface area contributed by atoms with Crippen LogP contribution in [-0.2, 0) is 7.05 Å². The van der Waals surface area contributed by atoms with E-state index >= 15 is 0 Å². The van der Waals surface area contributed by atoms with Crippen molar-refractivity contribution in [1.82, 2.24) is 9.78 Å². The van der Waals surface area contributed by atoms with E-state index in [4.69, 9.17) is 18.0 Å². The van der Waals surface area contributed by atoms with Gasteiger partial charge in [-0.3, -0.25) is 4.68 Å². The molecule has 0 saturated heterocycles. The van der Waals surface area contributed by atoms with Gasteiger partial charge in [0.2, 0.25) is 0 Å². The van der Waals surface area contributed by atoms with Gasteiger partial charge in [0, 0.05) is 18.3 Å². The number of thioether (sulfide) groups is 1. The van der Waals surface area contributed by atoms with Crippen molar-refractivity contribution in [2.75, 3.05) is 18.1 Å². The molecular formula is C11H20N4S2. The summed E-state index contributed by atoms with van der Waals surface area (Å²) in [5.74, 6) is 0.900. The van der Waals surface area contributed by atoms with E-state index in [0.29, 0.717) is 4.99 Å². The van der Waals surface area contributed by atoms with E-state index in [1.165, 1.54) is 0 Å². The quantitative estimate of drug-likeness (QED) is 0.802. The average molecular weight is 272 g/mol. The monoisotopic (exact) mass is 272 g/mol. The number of anilines is 1. The molecular weight excluding hydrogens is 252 g/mol. The van der Waals surface area contributed by atoms with Crippen LogP contribution in [0.3, 0.4) is 0 Å². The molecule has 0 fully saturated rings. The van der Waals surface area contributed by atoms with Gasteiger partial charge in [0.15, 0.2) is 0 Å². The first kappa shape index (κ1) is 14.3. The molecule has 0 aliphatic rings. The van der Waals surface area contributed by atoms with Crippen molar-refractivity contribution in [2.45, 2.75) is 25.5 Å². The topological polar surface area (TPSA) is 55.9 Å². The highest BCUT2D eigenvalue weighted by atomic mass is 32.2. The maximum absolute atomic E-state index is 5.73. The lowest BCUT2D eigenvalue weighted by Crippen LogP contribution is -2.27. The minimum atomic E-state index is 0.158. The van der Waals surface area contributed by atoms with Crippen LogP contribution < -0.4 is 11.1 Å². The highest BCUT2D eigenvalue weighted by Gasteiger charge is 2.20. The Kier molecular flexibility index (Phi) is 4.43. The highest BCUT2D eigenvalue weighted by Crippen LogP contribution is 2.24. The van der Waals surface area contributed by atoms with Crippen LogP contribution in [-0.4, -0.2) is 32.3 Å². The number of aryl methyl sites for hydroxylation is 2. The van der Waals surface area contributed by atoms with Gasteiger partial charge in [0.25, 0.3) is 0 Å². The summed E-state index contributed by atoms with van der Waals surface area (Å²) in [7, 11) is 1.89. The molecule has 1 aromatic heterocycles. The van der Waals surface area contributed by atoms with Gasteiger partial charge in [0.05, 0.1) is 11.3 Å². The van der Waals surface area contributed by atoms with Gasteiger partial charge in [-0.15, -0.1) is 0 Å². The SMILES string of the molecule is CSC(C)(C)CNc1c(C(N)=S)c(C)nn1C. The molecule has 0 spiro atoms. The maximum Gasteiger partial charge on any atom is 0.134 e. The summed E-state index contributed by atoms with van der Waals surface area (Å²) >= 11 is 6.88. The maximum atomic E-state index is 5.73. The summed E-state index contributed by atoms with van der Waals surface area (Å²) in [6, 6.07) is 0. The Balaban J connectivity index is 2.95. The molecule has 0 bridgehead atoms. The molecule has 0 radical (unpaired) electrons. The van der Waals surface area contributed by atoms with E-state index in [-0.39, 0.29) is 4.75 Å². The standard InChI is InChI=1S/C11H20N4S2/c1-7-8(9(12)16)10(15(4)14-7)13-6-11(2,3)17-5/h13H,6H2,1-5H3,(H2,12,16). The van der Waals surface area contributed by atoms with Crippen LogP contribution >= 0.6 is 24.0 Å². The average Bonchev–Trinajstić information content (AvgIpc) is 2.50. The zero-order valence-corrected chi connectivity index (χ0v) is 12.6. The van der Waals surface area contributed by atoms with Crippen LogP contribution in [0.25, 0.3) is 0 Å². The molecule has 0 atom stereocenters. The number of aromatic nitrogens is 2. The molecule has 1 rings (SSSR count). The molecule has 17 heavy (non-hydrogen) atoms. The number of hydrogen-bond acceptors (Lipinski definition) is 4. The second kappa shape index (κ2) is 5.27. The first-order valence-corrected chi connectivity index (χ1v) is 7.04. The van der Waals surface area contributed by atoms with Crippen molar-refractivity contribution in [3.05, 3.63) is 11.3 Å². The molecule has 6 heteroatoms. The Hall–Kier alpha value is -0.750. The molecule has 0 unspecified atom stereocenters. The fourth-order valence-corrected chi connectivity index (χ4v) is 1.99. The first-order valence-electron chi connectivity index (χ1n) is 5.41. The van der Waals surface area contributed by atoms with Gasteiger partial charge in [-0.1, -0.05) is 12.2 Å². The summed E-state index contributed by atoms with van der Waals surface area (Å²) in [5.41, 5.74) is 7.45. The van der Waals surface area contributed by atoms with Crippen LogP contribution in [0, 0.1) is 6.92 Å². The van der Waals surface area contributed by atoms with Gasteiger partial charge in [-0.25, -0.2) is 0 Å². The second-order valence-electron chi connectivity index (χ2n) is 4.61. The molecule has 1 heterocycles. The molecule has 1 aromatic rings. The Bertz CT molecular complexity index is 423. The van der Waals surface area contributed by atoms with Crippen LogP contribution in [0.15, 0.2) is 0 Å². The van der Waals surface area contributed by atoms with Crippen molar-refractivity contribution in [3.63, 3.8) is 0 Å². The third-order valence-corrected chi connectivity index (χ3v) is 4.16. The molecule has 0 aromatic carbocycles. The van der Waals surface area contributed by atoms with E-state index in [9.17, 15) is 0 Å². The summed E-state index contributed by atoms with van der Waals surface area (Å²) in [6.07, 6.45) is 2.10. The number of thiocarbonyl (C=S) groups is 1. The second-order valence-corrected chi connectivity index (χ2v) is 6.57. The third-order valence-electron chi connectivity index (χ3n) is 2.70. The third kappa shape index (κ3) is 3.35. The fraction of sp³-hybridized carbons (Fsp3) is 0.636. The minimum absolute atomic E-state index is 0.158.